The van der Waals surface area contributed by atoms with Crippen LogP contribution in [0.3, 0.4) is 0 Å². The van der Waals surface area contributed by atoms with E-state index < -0.39 is 0 Å². The van der Waals surface area contributed by atoms with E-state index in [4.69, 9.17) is 4.74 Å². The molecule has 4 atom stereocenters. The van der Waals surface area contributed by atoms with Gasteiger partial charge in [0.2, 0.25) is 0 Å². The summed E-state index contributed by atoms with van der Waals surface area (Å²) in [4.78, 5) is 12.3. The first kappa shape index (κ1) is 16.9. The average Bonchev–Trinajstić information content (AvgIpc) is 2.95. The number of hydrogen-bond donors (Lipinski definition) is 1. The Hall–Kier alpha value is -1.51. The minimum absolute atomic E-state index is 0.0333. The molecule has 3 heteroatoms. The molecule has 1 heterocycles. The Morgan fingerprint density at radius 2 is 2.08 bits per heavy atom. The van der Waals surface area contributed by atoms with Crippen molar-refractivity contribution in [3.8, 4) is 11.5 Å². The number of phenolic OH excluding ortho intramolecular Hbond substituents is 1. The standard InChI is InChI=1S/C22H30O3/c1-5-6-7-8-13-11-16-19(21(24)17(13)12(2)23)20-18-14(22(20,3)4)9-10-15(18)25-16/h11,14-15,18,20,24H,5-10H2,1-4H3/t14?,15-,18?,20+/m1/s1. The molecular weight excluding hydrogens is 312 g/mol. The molecule has 4 rings (SSSR count). The Morgan fingerprint density at radius 3 is 2.76 bits per heavy atom. The Kier molecular flexibility index (Phi) is 3.90. The van der Waals surface area contributed by atoms with Crippen LogP contribution in [0.2, 0.25) is 0 Å². The maximum absolute atomic E-state index is 12.3. The number of benzene rings is 1. The molecule has 1 aliphatic heterocycles. The SMILES string of the molecule is CCCCCc1cc2c(c(O)c1C(C)=O)[C@@H]1C3C(CC[C@H]3O2)C1(C)C. The fourth-order valence-electron chi connectivity index (χ4n) is 6.04. The van der Waals surface area contributed by atoms with Crippen LogP contribution >= 0.6 is 0 Å². The van der Waals surface area contributed by atoms with Crippen molar-refractivity contribution in [3.05, 3.63) is 22.8 Å². The zero-order valence-corrected chi connectivity index (χ0v) is 15.9. The second kappa shape index (κ2) is 5.75. The van der Waals surface area contributed by atoms with Crippen molar-refractivity contribution >= 4 is 5.78 Å². The van der Waals surface area contributed by atoms with Gasteiger partial charge in [-0.2, -0.15) is 0 Å². The first-order valence-electron chi connectivity index (χ1n) is 9.94. The zero-order valence-electron chi connectivity index (χ0n) is 15.9. The molecule has 0 radical (unpaired) electrons. The van der Waals surface area contributed by atoms with E-state index in [0.29, 0.717) is 29.4 Å². The van der Waals surface area contributed by atoms with Crippen LogP contribution in [0.4, 0.5) is 0 Å². The molecule has 2 aliphatic carbocycles. The maximum Gasteiger partial charge on any atom is 0.163 e. The van der Waals surface area contributed by atoms with Crippen molar-refractivity contribution in [2.24, 2.45) is 17.3 Å². The van der Waals surface area contributed by atoms with Crippen LogP contribution in [-0.2, 0) is 6.42 Å². The van der Waals surface area contributed by atoms with E-state index >= 15 is 0 Å². The summed E-state index contributed by atoms with van der Waals surface area (Å²) in [5.74, 6) is 2.52. The molecule has 0 bridgehead atoms. The molecule has 3 aliphatic rings. The molecular formula is C22H30O3. The molecule has 0 saturated heterocycles. The summed E-state index contributed by atoms with van der Waals surface area (Å²) in [6.07, 6.45) is 6.78. The molecule has 0 spiro atoms. The van der Waals surface area contributed by atoms with Crippen LogP contribution in [0, 0.1) is 17.3 Å². The Balaban J connectivity index is 1.81. The van der Waals surface area contributed by atoms with Gasteiger partial charge in [0.05, 0.1) is 5.56 Å². The third kappa shape index (κ3) is 2.27. The smallest absolute Gasteiger partial charge is 0.163 e. The van der Waals surface area contributed by atoms with Gasteiger partial charge < -0.3 is 9.84 Å². The molecule has 3 nitrogen and oxygen atoms in total. The number of phenols is 1. The van der Waals surface area contributed by atoms with Gasteiger partial charge in [-0.15, -0.1) is 0 Å². The quantitative estimate of drug-likeness (QED) is 0.588. The van der Waals surface area contributed by atoms with E-state index in [2.05, 4.69) is 26.8 Å². The summed E-state index contributed by atoms with van der Waals surface area (Å²) in [5, 5.41) is 11.1. The minimum atomic E-state index is -0.0333. The highest BCUT2D eigenvalue weighted by molar-refractivity contribution is 5.99. The summed E-state index contributed by atoms with van der Waals surface area (Å²) >= 11 is 0. The summed E-state index contributed by atoms with van der Waals surface area (Å²) in [6.45, 7) is 8.38. The van der Waals surface area contributed by atoms with Gasteiger partial charge in [0.1, 0.15) is 17.6 Å². The molecule has 1 aromatic rings. The molecule has 0 amide bonds. The Labute approximate surface area is 150 Å². The Morgan fingerprint density at radius 1 is 1.32 bits per heavy atom. The summed E-state index contributed by atoms with van der Waals surface area (Å²) < 4.78 is 6.34. The third-order valence-electron chi connectivity index (χ3n) is 7.17. The number of carbonyl (C=O) groups excluding carboxylic acids is 1. The van der Waals surface area contributed by atoms with Crippen LogP contribution in [-0.4, -0.2) is 17.0 Å². The lowest BCUT2D eigenvalue weighted by atomic mass is 9.46. The zero-order chi connectivity index (χ0) is 17.9. The van der Waals surface area contributed by atoms with Crippen molar-refractivity contribution in [2.45, 2.75) is 78.2 Å². The number of aromatic hydroxyl groups is 1. The first-order chi connectivity index (χ1) is 11.9. The van der Waals surface area contributed by atoms with E-state index in [-0.39, 0.29) is 16.9 Å². The van der Waals surface area contributed by atoms with E-state index in [1.54, 1.807) is 6.92 Å². The normalized spacial score (nSPS) is 30.9. The molecule has 0 aromatic heterocycles. The fraction of sp³-hybridized carbons (Fsp3) is 0.682. The summed E-state index contributed by atoms with van der Waals surface area (Å²) in [6, 6.07) is 2.07. The number of ketones is 1. The highest BCUT2D eigenvalue weighted by Gasteiger charge is 2.65. The molecule has 2 saturated carbocycles. The van der Waals surface area contributed by atoms with Crippen LogP contribution in [0.25, 0.3) is 0 Å². The lowest BCUT2D eigenvalue weighted by Gasteiger charge is -2.59. The van der Waals surface area contributed by atoms with Crippen LogP contribution in [0.1, 0.15) is 87.2 Å². The van der Waals surface area contributed by atoms with Gasteiger partial charge >= 0.3 is 0 Å². The van der Waals surface area contributed by atoms with Gasteiger partial charge in [-0.3, -0.25) is 4.79 Å². The maximum atomic E-state index is 12.3. The van der Waals surface area contributed by atoms with E-state index in [1.165, 1.54) is 6.42 Å². The molecule has 25 heavy (non-hydrogen) atoms. The predicted octanol–water partition coefficient (Wildman–Crippen LogP) is 5.24. The number of aryl methyl sites for hydroxylation is 1. The van der Waals surface area contributed by atoms with Gasteiger partial charge in [0.25, 0.3) is 0 Å². The number of unbranched alkanes of at least 4 members (excludes halogenated alkanes) is 2. The highest BCUT2D eigenvalue weighted by Crippen LogP contribution is 2.71. The van der Waals surface area contributed by atoms with Crippen molar-refractivity contribution in [1.82, 2.24) is 0 Å². The molecule has 1 aromatic carbocycles. The molecule has 2 unspecified atom stereocenters. The second-order valence-electron chi connectivity index (χ2n) is 8.90. The number of hydrogen-bond acceptors (Lipinski definition) is 3. The van der Waals surface area contributed by atoms with Crippen molar-refractivity contribution in [1.29, 1.82) is 0 Å². The van der Waals surface area contributed by atoms with Crippen LogP contribution in [0.15, 0.2) is 6.07 Å². The van der Waals surface area contributed by atoms with Gasteiger partial charge in [0, 0.05) is 17.4 Å². The topological polar surface area (TPSA) is 46.5 Å². The molecule has 1 N–H and O–H groups in total. The van der Waals surface area contributed by atoms with Gasteiger partial charge in [-0.05, 0) is 55.6 Å². The number of rotatable bonds is 5. The van der Waals surface area contributed by atoms with E-state index in [1.807, 2.05) is 0 Å². The van der Waals surface area contributed by atoms with Crippen molar-refractivity contribution in [2.75, 3.05) is 0 Å². The van der Waals surface area contributed by atoms with Crippen LogP contribution in [0.5, 0.6) is 11.5 Å². The lowest BCUT2D eigenvalue weighted by Crippen LogP contribution is -2.55. The first-order valence-corrected chi connectivity index (χ1v) is 9.94. The summed E-state index contributed by atoms with van der Waals surface area (Å²) in [5.41, 5.74) is 2.58. The monoisotopic (exact) mass is 342 g/mol. The number of carbonyl (C=O) groups is 1. The van der Waals surface area contributed by atoms with Crippen molar-refractivity contribution < 1.29 is 14.6 Å². The van der Waals surface area contributed by atoms with Crippen LogP contribution < -0.4 is 4.74 Å². The number of Topliss-reactive ketones (excluding diaryl/α,β-unsaturated/α-hetero) is 1. The number of ether oxygens (including phenoxy) is 1. The fourth-order valence-corrected chi connectivity index (χ4v) is 6.04. The summed E-state index contributed by atoms with van der Waals surface area (Å²) in [7, 11) is 0. The largest absolute Gasteiger partial charge is 0.507 e. The van der Waals surface area contributed by atoms with E-state index in [9.17, 15) is 9.90 Å². The average molecular weight is 342 g/mol. The number of fused-ring (bicyclic) bond motifs is 2. The van der Waals surface area contributed by atoms with Gasteiger partial charge in [0.15, 0.2) is 5.78 Å². The lowest BCUT2D eigenvalue weighted by molar-refractivity contribution is -0.0797. The predicted molar refractivity (Wildman–Crippen MR) is 98.5 cm³/mol. The third-order valence-corrected chi connectivity index (χ3v) is 7.17. The Bertz CT molecular complexity index is 718. The van der Waals surface area contributed by atoms with E-state index in [0.717, 1.165) is 49.0 Å². The van der Waals surface area contributed by atoms with Gasteiger partial charge in [-0.1, -0.05) is 33.6 Å². The second-order valence-corrected chi connectivity index (χ2v) is 8.90. The highest BCUT2D eigenvalue weighted by atomic mass is 16.5. The minimum Gasteiger partial charge on any atom is -0.507 e. The van der Waals surface area contributed by atoms with Gasteiger partial charge in [-0.25, -0.2) is 0 Å². The molecule has 2 fully saturated rings. The van der Waals surface area contributed by atoms with Crippen molar-refractivity contribution in [3.63, 3.8) is 0 Å². The molecule has 136 valence electrons.